The number of rotatable bonds is 10. The Labute approximate surface area is 143 Å². The van der Waals surface area contributed by atoms with E-state index in [4.69, 9.17) is 0 Å². The monoisotopic (exact) mass is 339 g/mol. The quantitative estimate of drug-likeness (QED) is 0.496. The highest BCUT2D eigenvalue weighted by Gasteiger charge is 2.30. The fourth-order valence-electron chi connectivity index (χ4n) is 3.23. The summed E-state index contributed by atoms with van der Waals surface area (Å²) in [7, 11) is 0. The van der Waals surface area contributed by atoms with Crippen molar-refractivity contribution in [2.24, 2.45) is 5.92 Å². The number of nitrogens with zero attached hydrogens (tertiary/aromatic N) is 3. The zero-order valence-corrected chi connectivity index (χ0v) is 14.5. The Bertz CT molecular complexity index is 405. The van der Waals surface area contributed by atoms with E-state index in [1.165, 1.54) is 0 Å². The SMILES string of the molecule is CCN1CCN(CC=O)CC(C(C=O)CCC=O)N(CC=O)CC1. The Hall–Kier alpha value is -1.44. The van der Waals surface area contributed by atoms with Gasteiger partial charge in [0, 0.05) is 51.1 Å². The Morgan fingerprint density at radius 3 is 2.17 bits per heavy atom. The van der Waals surface area contributed by atoms with Crippen molar-refractivity contribution >= 4 is 25.1 Å². The summed E-state index contributed by atoms with van der Waals surface area (Å²) >= 11 is 0. The van der Waals surface area contributed by atoms with E-state index in [1.54, 1.807) is 0 Å². The van der Waals surface area contributed by atoms with Gasteiger partial charge in [-0.25, -0.2) is 0 Å². The molecule has 1 heterocycles. The molecular weight excluding hydrogens is 310 g/mol. The largest absolute Gasteiger partial charge is 0.303 e. The second kappa shape index (κ2) is 12.0. The van der Waals surface area contributed by atoms with E-state index in [9.17, 15) is 19.2 Å². The summed E-state index contributed by atoms with van der Waals surface area (Å²) in [5.74, 6) is -0.322. The maximum atomic E-state index is 11.6. The van der Waals surface area contributed by atoms with Gasteiger partial charge in [-0.3, -0.25) is 9.80 Å². The third kappa shape index (κ3) is 6.59. The number of hydrogen-bond donors (Lipinski definition) is 0. The van der Waals surface area contributed by atoms with Crippen LogP contribution in [0.3, 0.4) is 0 Å². The topological polar surface area (TPSA) is 78.0 Å². The molecule has 1 fully saturated rings. The second-order valence-corrected chi connectivity index (χ2v) is 6.13. The van der Waals surface area contributed by atoms with Gasteiger partial charge in [-0.2, -0.15) is 0 Å². The van der Waals surface area contributed by atoms with Crippen molar-refractivity contribution < 1.29 is 19.2 Å². The fraction of sp³-hybridized carbons (Fsp3) is 0.765. The first-order valence-electron chi connectivity index (χ1n) is 8.65. The molecule has 1 aliphatic rings. The van der Waals surface area contributed by atoms with Gasteiger partial charge in [0.2, 0.25) is 0 Å². The third-order valence-corrected chi connectivity index (χ3v) is 4.73. The van der Waals surface area contributed by atoms with Gasteiger partial charge in [-0.15, -0.1) is 0 Å². The molecule has 2 atom stereocenters. The van der Waals surface area contributed by atoms with Gasteiger partial charge < -0.3 is 24.1 Å². The Morgan fingerprint density at radius 2 is 1.58 bits per heavy atom. The van der Waals surface area contributed by atoms with E-state index in [-0.39, 0.29) is 18.5 Å². The lowest BCUT2D eigenvalue weighted by Gasteiger charge is -2.36. The van der Waals surface area contributed by atoms with E-state index in [0.717, 1.165) is 51.3 Å². The van der Waals surface area contributed by atoms with Crippen LogP contribution in [0, 0.1) is 5.92 Å². The van der Waals surface area contributed by atoms with Gasteiger partial charge in [-0.05, 0) is 13.0 Å². The van der Waals surface area contributed by atoms with Gasteiger partial charge in [0.05, 0.1) is 13.1 Å². The van der Waals surface area contributed by atoms with Crippen LogP contribution >= 0.6 is 0 Å². The van der Waals surface area contributed by atoms with E-state index in [2.05, 4.69) is 11.8 Å². The van der Waals surface area contributed by atoms with E-state index < -0.39 is 0 Å². The molecule has 136 valence electrons. The Morgan fingerprint density at radius 1 is 0.917 bits per heavy atom. The number of carbonyl (C=O) groups is 4. The summed E-state index contributed by atoms with van der Waals surface area (Å²) in [6.45, 7) is 7.20. The number of likely N-dealkylation sites (N-methyl/N-ethyl adjacent to an activating group) is 1. The normalized spacial score (nSPS) is 22.8. The van der Waals surface area contributed by atoms with Gasteiger partial charge in [0.15, 0.2) is 0 Å². The van der Waals surface area contributed by atoms with Crippen molar-refractivity contribution in [1.82, 2.24) is 14.7 Å². The van der Waals surface area contributed by atoms with Crippen LogP contribution in [-0.4, -0.2) is 98.2 Å². The number of aldehydes is 4. The van der Waals surface area contributed by atoms with Crippen molar-refractivity contribution in [1.29, 1.82) is 0 Å². The van der Waals surface area contributed by atoms with E-state index >= 15 is 0 Å². The van der Waals surface area contributed by atoms with Crippen LogP contribution in [0.25, 0.3) is 0 Å². The van der Waals surface area contributed by atoms with Crippen LogP contribution in [0.5, 0.6) is 0 Å². The second-order valence-electron chi connectivity index (χ2n) is 6.13. The van der Waals surface area contributed by atoms with Crippen LogP contribution in [0.1, 0.15) is 19.8 Å². The average molecular weight is 339 g/mol. The number of hydrogen-bond acceptors (Lipinski definition) is 7. The predicted octanol–water partition coefficient (Wildman–Crippen LogP) is -0.513. The number of carbonyl (C=O) groups excluding carboxylic acids is 4. The molecule has 0 saturated carbocycles. The Balaban J connectivity index is 3.01. The van der Waals surface area contributed by atoms with Crippen molar-refractivity contribution in [2.45, 2.75) is 25.8 Å². The summed E-state index contributed by atoms with van der Waals surface area (Å²) in [6.07, 6.45) is 4.23. The molecule has 0 aromatic rings. The molecule has 7 nitrogen and oxygen atoms in total. The molecule has 0 aromatic carbocycles. The first kappa shape index (κ1) is 20.6. The van der Waals surface area contributed by atoms with Crippen molar-refractivity contribution in [3.8, 4) is 0 Å². The molecule has 2 unspecified atom stereocenters. The van der Waals surface area contributed by atoms with Crippen LogP contribution in [-0.2, 0) is 19.2 Å². The summed E-state index contributed by atoms with van der Waals surface area (Å²) in [5, 5.41) is 0. The summed E-state index contributed by atoms with van der Waals surface area (Å²) < 4.78 is 0. The maximum Gasteiger partial charge on any atom is 0.133 e. The fourth-order valence-corrected chi connectivity index (χ4v) is 3.23. The average Bonchev–Trinajstić information content (AvgIpc) is 2.67. The minimum absolute atomic E-state index is 0.163. The lowest BCUT2D eigenvalue weighted by Crippen LogP contribution is -2.50. The van der Waals surface area contributed by atoms with Crippen LogP contribution in [0.4, 0.5) is 0 Å². The lowest BCUT2D eigenvalue weighted by molar-refractivity contribution is -0.116. The van der Waals surface area contributed by atoms with Crippen molar-refractivity contribution in [3.05, 3.63) is 0 Å². The maximum absolute atomic E-state index is 11.6. The first-order valence-corrected chi connectivity index (χ1v) is 8.65. The van der Waals surface area contributed by atoms with Crippen molar-refractivity contribution in [2.75, 3.05) is 52.4 Å². The third-order valence-electron chi connectivity index (χ3n) is 4.73. The highest BCUT2D eigenvalue weighted by atomic mass is 16.1. The molecule has 1 rings (SSSR count). The van der Waals surface area contributed by atoms with Gasteiger partial charge in [-0.1, -0.05) is 6.92 Å². The molecular formula is C17H29N3O4. The first-order chi connectivity index (χ1) is 11.7. The van der Waals surface area contributed by atoms with Crippen LogP contribution in [0.15, 0.2) is 0 Å². The standard InChI is InChI=1S/C17H29N3O4/c1-2-18-5-6-19(9-12-22)14-17(16(15-24)4-3-11-21)20(8-7-18)10-13-23/h11-13,15-17H,2-10,14H2,1H3. The molecule has 0 aromatic heterocycles. The molecule has 0 aliphatic carbocycles. The molecule has 0 N–H and O–H groups in total. The lowest BCUT2D eigenvalue weighted by atomic mass is 9.94. The summed E-state index contributed by atoms with van der Waals surface area (Å²) in [4.78, 5) is 50.7. The zero-order valence-electron chi connectivity index (χ0n) is 14.5. The van der Waals surface area contributed by atoms with Gasteiger partial charge in [0.25, 0.3) is 0 Å². The predicted molar refractivity (Wildman–Crippen MR) is 90.9 cm³/mol. The molecule has 1 saturated heterocycles. The van der Waals surface area contributed by atoms with Gasteiger partial charge in [0.1, 0.15) is 25.1 Å². The molecule has 1 aliphatic heterocycles. The molecule has 24 heavy (non-hydrogen) atoms. The highest BCUT2D eigenvalue weighted by Crippen LogP contribution is 2.17. The summed E-state index contributed by atoms with van der Waals surface area (Å²) in [5.41, 5.74) is 0. The molecule has 0 amide bonds. The summed E-state index contributed by atoms with van der Waals surface area (Å²) in [6, 6.07) is -0.163. The molecule has 7 heteroatoms. The minimum Gasteiger partial charge on any atom is -0.303 e. The van der Waals surface area contributed by atoms with E-state index in [0.29, 0.717) is 32.5 Å². The smallest absolute Gasteiger partial charge is 0.133 e. The zero-order chi connectivity index (χ0) is 17.8. The van der Waals surface area contributed by atoms with Gasteiger partial charge >= 0.3 is 0 Å². The molecule has 0 spiro atoms. The van der Waals surface area contributed by atoms with E-state index in [1.807, 2.05) is 9.80 Å². The van der Waals surface area contributed by atoms with Crippen LogP contribution < -0.4 is 0 Å². The molecule has 0 radical (unpaired) electrons. The highest BCUT2D eigenvalue weighted by molar-refractivity contribution is 5.58. The van der Waals surface area contributed by atoms with Crippen molar-refractivity contribution in [3.63, 3.8) is 0 Å². The van der Waals surface area contributed by atoms with Crippen LogP contribution in [0.2, 0.25) is 0 Å². The Kier molecular flexibility index (Phi) is 10.3. The molecule has 0 bridgehead atoms. The minimum atomic E-state index is -0.322.